The highest BCUT2D eigenvalue weighted by Crippen LogP contribution is 2.38. The minimum atomic E-state index is -0.418. The summed E-state index contributed by atoms with van der Waals surface area (Å²) >= 11 is 2.26. The number of esters is 1. The van der Waals surface area contributed by atoms with E-state index in [1.807, 2.05) is 31.2 Å². The second-order valence-electron chi connectivity index (χ2n) is 5.16. The summed E-state index contributed by atoms with van der Waals surface area (Å²) in [5, 5.41) is 11.1. The fourth-order valence-electron chi connectivity index (χ4n) is 2.96. The van der Waals surface area contributed by atoms with Crippen LogP contribution in [0.2, 0.25) is 0 Å². The van der Waals surface area contributed by atoms with Gasteiger partial charge in [-0.3, -0.25) is 9.63 Å². The number of aliphatic hydroxyl groups excluding tert-OH is 1. The summed E-state index contributed by atoms with van der Waals surface area (Å²) in [6.07, 6.45) is -0.590. The summed E-state index contributed by atoms with van der Waals surface area (Å²) in [6.45, 7) is 2.26. The molecule has 5 nitrogen and oxygen atoms in total. The molecule has 1 N–H and O–H groups in total. The Hall–Kier alpha value is -0.700. The Labute approximate surface area is 130 Å². The van der Waals surface area contributed by atoms with E-state index in [9.17, 15) is 9.90 Å². The Morgan fingerprint density at radius 3 is 2.85 bits per heavy atom. The van der Waals surface area contributed by atoms with Gasteiger partial charge >= 0.3 is 5.97 Å². The first-order valence-electron chi connectivity index (χ1n) is 6.60. The predicted octanol–water partition coefficient (Wildman–Crippen LogP) is 1.33. The zero-order chi connectivity index (χ0) is 14.3. The molecule has 0 radical (unpaired) electrons. The van der Waals surface area contributed by atoms with Crippen LogP contribution < -0.4 is 0 Å². The van der Waals surface area contributed by atoms with E-state index < -0.39 is 6.04 Å². The molecule has 6 heteroatoms. The number of halogens is 1. The Bertz CT molecular complexity index is 524. The van der Waals surface area contributed by atoms with Crippen molar-refractivity contribution in [3.63, 3.8) is 0 Å². The number of hydroxylamine groups is 2. The van der Waals surface area contributed by atoms with Gasteiger partial charge in [0.25, 0.3) is 0 Å². The van der Waals surface area contributed by atoms with E-state index in [0.717, 1.165) is 9.13 Å². The summed E-state index contributed by atoms with van der Waals surface area (Å²) in [4.78, 5) is 17.7. The molecular formula is C14H16INO4. The van der Waals surface area contributed by atoms with Gasteiger partial charge in [0.1, 0.15) is 18.2 Å². The van der Waals surface area contributed by atoms with Gasteiger partial charge in [-0.1, -0.05) is 18.2 Å². The molecule has 108 valence electrons. The van der Waals surface area contributed by atoms with Crippen molar-refractivity contribution in [3.8, 4) is 0 Å². The van der Waals surface area contributed by atoms with Crippen molar-refractivity contribution in [3.05, 3.63) is 33.4 Å². The summed E-state index contributed by atoms with van der Waals surface area (Å²) < 4.78 is 6.41. The number of fused-ring (bicyclic) bond motifs is 1. The van der Waals surface area contributed by atoms with Gasteiger partial charge in [-0.2, -0.15) is 5.06 Å². The molecule has 0 unspecified atom stereocenters. The van der Waals surface area contributed by atoms with Crippen LogP contribution in [-0.4, -0.2) is 41.0 Å². The van der Waals surface area contributed by atoms with Crippen molar-refractivity contribution in [2.24, 2.45) is 5.92 Å². The highest BCUT2D eigenvalue weighted by atomic mass is 127. The summed E-state index contributed by atoms with van der Waals surface area (Å²) in [5.74, 6) is -0.363. The predicted molar refractivity (Wildman–Crippen MR) is 79.5 cm³/mol. The third-order valence-electron chi connectivity index (χ3n) is 3.92. The number of benzene rings is 1. The number of hydrogen-bond donors (Lipinski definition) is 1. The first-order chi connectivity index (χ1) is 9.61. The molecule has 2 aliphatic heterocycles. The minimum absolute atomic E-state index is 0.103. The number of cyclic esters (lactones) is 1. The van der Waals surface area contributed by atoms with Crippen LogP contribution in [0, 0.1) is 9.49 Å². The second-order valence-corrected chi connectivity index (χ2v) is 6.32. The molecule has 2 fully saturated rings. The lowest BCUT2D eigenvalue weighted by atomic mass is 9.93. The van der Waals surface area contributed by atoms with Crippen LogP contribution in [0.5, 0.6) is 0 Å². The molecule has 0 amide bonds. The number of aliphatic hydroxyl groups is 1. The van der Waals surface area contributed by atoms with E-state index in [2.05, 4.69) is 22.6 Å². The van der Waals surface area contributed by atoms with Gasteiger partial charge in [-0.15, -0.1) is 0 Å². The smallest absolute Gasteiger partial charge is 0.326 e. The van der Waals surface area contributed by atoms with E-state index in [1.165, 1.54) is 0 Å². The zero-order valence-electron chi connectivity index (χ0n) is 11.0. The van der Waals surface area contributed by atoms with E-state index in [1.54, 1.807) is 5.06 Å². The van der Waals surface area contributed by atoms with Gasteiger partial charge in [0.15, 0.2) is 0 Å². The molecule has 0 saturated carbocycles. The quantitative estimate of drug-likeness (QED) is 0.625. The van der Waals surface area contributed by atoms with Crippen LogP contribution >= 0.6 is 22.6 Å². The van der Waals surface area contributed by atoms with Crippen molar-refractivity contribution < 1.29 is 19.5 Å². The summed E-state index contributed by atoms with van der Waals surface area (Å²) in [5.41, 5.74) is 1.10. The van der Waals surface area contributed by atoms with E-state index in [-0.39, 0.29) is 30.7 Å². The number of ether oxygens (including phenoxy) is 1. The number of rotatable bonds is 3. The average molecular weight is 389 g/mol. The van der Waals surface area contributed by atoms with E-state index >= 15 is 0 Å². The first kappa shape index (κ1) is 14.2. The number of nitrogens with zero attached hydrogens (tertiary/aromatic N) is 1. The molecule has 4 atom stereocenters. The van der Waals surface area contributed by atoms with Crippen molar-refractivity contribution in [1.29, 1.82) is 0 Å². The normalized spacial score (nSPS) is 33.2. The highest BCUT2D eigenvalue weighted by molar-refractivity contribution is 14.1. The molecule has 2 heterocycles. The molecule has 0 aliphatic carbocycles. The Morgan fingerprint density at radius 1 is 1.40 bits per heavy atom. The third-order valence-corrected chi connectivity index (χ3v) is 4.98. The molecular weight excluding hydrogens is 373 g/mol. The minimum Gasteiger partial charge on any atom is -0.461 e. The van der Waals surface area contributed by atoms with Crippen LogP contribution in [0.15, 0.2) is 24.3 Å². The Morgan fingerprint density at radius 2 is 2.15 bits per heavy atom. The highest BCUT2D eigenvalue weighted by Gasteiger charge is 2.56. The second kappa shape index (κ2) is 5.59. The summed E-state index contributed by atoms with van der Waals surface area (Å²) in [7, 11) is 0. The largest absolute Gasteiger partial charge is 0.461 e. The maximum Gasteiger partial charge on any atom is 0.326 e. The van der Waals surface area contributed by atoms with Gasteiger partial charge in [-0.25, -0.2) is 0 Å². The lowest BCUT2D eigenvalue weighted by Gasteiger charge is -2.20. The molecule has 20 heavy (non-hydrogen) atoms. The lowest BCUT2D eigenvalue weighted by Crippen LogP contribution is -2.35. The topological polar surface area (TPSA) is 59.0 Å². The van der Waals surface area contributed by atoms with Crippen molar-refractivity contribution >= 4 is 28.6 Å². The van der Waals surface area contributed by atoms with Gasteiger partial charge < -0.3 is 9.84 Å². The lowest BCUT2D eigenvalue weighted by molar-refractivity contribution is -0.195. The van der Waals surface area contributed by atoms with Crippen molar-refractivity contribution in [2.45, 2.75) is 31.7 Å². The van der Waals surface area contributed by atoms with Crippen LogP contribution in [0.1, 0.15) is 12.5 Å². The number of hydrogen-bond acceptors (Lipinski definition) is 5. The van der Waals surface area contributed by atoms with Gasteiger partial charge in [0.05, 0.1) is 19.1 Å². The van der Waals surface area contributed by atoms with Crippen LogP contribution in [0.4, 0.5) is 0 Å². The van der Waals surface area contributed by atoms with Crippen LogP contribution in [-0.2, 0) is 20.9 Å². The van der Waals surface area contributed by atoms with Crippen LogP contribution in [0.3, 0.4) is 0 Å². The molecule has 2 aliphatic rings. The fraction of sp³-hybridized carbons (Fsp3) is 0.500. The fourth-order valence-corrected chi connectivity index (χ4v) is 3.51. The maximum atomic E-state index is 12.0. The Kier molecular flexibility index (Phi) is 3.98. The Balaban J connectivity index is 1.84. The van der Waals surface area contributed by atoms with Gasteiger partial charge in [-0.05, 0) is 41.1 Å². The van der Waals surface area contributed by atoms with E-state index in [4.69, 9.17) is 9.57 Å². The van der Waals surface area contributed by atoms with Gasteiger partial charge in [0.2, 0.25) is 0 Å². The molecule has 1 aromatic rings. The monoisotopic (exact) mass is 389 g/mol. The average Bonchev–Trinajstić information content (AvgIpc) is 2.93. The van der Waals surface area contributed by atoms with Crippen LogP contribution in [0.25, 0.3) is 0 Å². The molecule has 0 aromatic heterocycles. The molecule has 1 aromatic carbocycles. The number of carbonyl (C=O) groups is 1. The first-order valence-corrected chi connectivity index (χ1v) is 7.68. The molecule has 3 rings (SSSR count). The molecule has 0 bridgehead atoms. The summed E-state index contributed by atoms with van der Waals surface area (Å²) in [6, 6.07) is 7.54. The zero-order valence-corrected chi connectivity index (χ0v) is 13.2. The SMILES string of the molecule is C[C@@H]1OC(=O)[C@@H]2[C@H]1[C@H](CO)ON2Cc1ccccc1I. The molecule has 0 spiro atoms. The third kappa shape index (κ3) is 2.34. The van der Waals surface area contributed by atoms with Gasteiger partial charge in [0, 0.05) is 3.57 Å². The molecule has 2 saturated heterocycles. The number of carbonyl (C=O) groups excluding carboxylic acids is 1. The standard InChI is InChI=1S/C14H16INO4/c1-8-12-11(7-17)20-16(13(12)14(18)19-8)6-9-4-2-3-5-10(9)15/h2-5,8,11-13,17H,6-7H2,1H3/t8-,11-,12+,13-/m0/s1. The van der Waals surface area contributed by atoms with E-state index in [0.29, 0.717) is 6.54 Å². The van der Waals surface area contributed by atoms with Crippen molar-refractivity contribution in [2.75, 3.05) is 6.61 Å². The van der Waals surface area contributed by atoms with Crippen molar-refractivity contribution in [1.82, 2.24) is 5.06 Å². The maximum absolute atomic E-state index is 12.0.